The quantitative estimate of drug-likeness (QED) is 0.849. The Morgan fingerprint density at radius 2 is 1.63 bits per heavy atom. The van der Waals surface area contributed by atoms with E-state index in [9.17, 15) is 9.59 Å². The van der Waals surface area contributed by atoms with E-state index in [-0.39, 0.29) is 11.8 Å². The maximum Gasteiger partial charge on any atom is 0.257 e. The van der Waals surface area contributed by atoms with E-state index in [0.29, 0.717) is 16.9 Å². The summed E-state index contributed by atoms with van der Waals surface area (Å²) in [6.07, 6.45) is 3.38. The molecule has 7 heteroatoms. The van der Waals surface area contributed by atoms with Crippen LogP contribution in [0.15, 0.2) is 42.7 Å². The Bertz CT molecular complexity index is 798. The predicted molar refractivity (Wildman–Crippen MR) is 107 cm³/mol. The number of hydrogen-bond donors (Lipinski definition) is 2. The highest BCUT2D eigenvalue weighted by molar-refractivity contribution is 6.04. The lowest BCUT2D eigenvalue weighted by atomic mass is 10.2. The number of anilines is 3. The van der Waals surface area contributed by atoms with E-state index in [4.69, 9.17) is 0 Å². The predicted octanol–water partition coefficient (Wildman–Crippen LogP) is 2.43. The number of piperazine rings is 1. The number of amides is 2. The van der Waals surface area contributed by atoms with E-state index in [2.05, 4.69) is 32.3 Å². The number of hydrogen-bond acceptors (Lipinski definition) is 5. The van der Waals surface area contributed by atoms with Crippen molar-refractivity contribution in [1.82, 2.24) is 9.88 Å². The van der Waals surface area contributed by atoms with Crippen molar-refractivity contribution in [3.8, 4) is 0 Å². The molecule has 1 saturated heterocycles. The molecule has 1 fully saturated rings. The van der Waals surface area contributed by atoms with Gasteiger partial charge in [-0.25, -0.2) is 0 Å². The second-order valence-electron chi connectivity index (χ2n) is 6.57. The lowest BCUT2D eigenvalue weighted by Crippen LogP contribution is -2.46. The van der Waals surface area contributed by atoms with Crippen LogP contribution in [0.3, 0.4) is 0 Å². The third-order valence-electron chi connectivity index (χ3n) is 4.63. The van der Waals surface area contributed by atoms with E-state index in [0.717, 1.165) is 38.4 Å². The summed E-state index contributed by atoms with van der Waals surface area (Å²) in [5.74, 6) is -0.335. The van der Waals surface area contributed by atoms with E-state index in [1.54, 1.807) is 36.7 Å². The van der Waals surface area contributed by atoms with E-state index in [1.165, 1.54) is 6.92 Å². The van der Waals surface area contributed by atoms with Gasteiger partial charge in [0.1, 0.15) is 0 Å². The van der Waals surface area contributed by atoms with Gasteiger partial charge in [0.05, 0.1) is 17.4 Å². The van der Waals surface area contributed by atoms with Crippen molar-refractivity contribution in [2.75, 3.05) is 48.3 Å². The van der Waals surface area contributed by atoms with Crippen molar-refractivity contribution in [2.24, 2.45) is 0 Å². The van der Waals surface area contributed by atoms with Crippen LogP contribution in [0, 0.1) is 0 Å². The second kappa shape index (κ2) is 8.64. The number of rotatable bonds is 5. The normalized spacial score (nSPS) is 14.7. The molecule has 1 aromatic heterocycles. The Labute approximate surface area is 159 Å². The molecular formula is C20H25N5O2. The van der Waals surface area contributed by atoms with Crippen LogP contribution in [0.5, 0.6) is 0 Å². The van der Waals surface area contributed by atoms with Crippen molar-refractivity contribution in [1.29, 1.82) is 0 Å². The number of aromatic nitrogens is 1. The summed E-state index contributed by atoms with van der Waals surface area (Å²) in [5.41, 5.74) is 2.85. The fraction of sp³-hybridized carbons (Fsp3) is 0.350. The molecule has 2 N–H and O–H groups in total. The first-order chi connectivity index (χ1) is 13.0. The first kappa shape index (κ1) is 18.8. The summed E-state index contributed by atoms with van der Waals surface area (Å²) >= 11 is 0. The van der Waals surface area contributed by atoms with Crippen LogP contribution in [0.2, 0.25) is 0 Å². The highest BCUT2D eigenvalue weighted by Crippen LogP contribution is 2.19. The van der Waals surface area contributed by atoms with Gasteiger partial charge in [-0.2, -0.15) is 0 Å². The van der Waals surface area contributed by atoms with Crippen LogP contribution < -0.4 is 15.5 Å². The van der Waals surface area contributed by atoms with Gasteiger partial charge in [0, 0.05) is 50.7 Å². The molecule has 0 spiro atoms. The number of benzene rings is 1. The topological polar surface area (TPSA) is 77.6 Å². The summed E-state index contributed by atoms with van der Waals surface area (Å²) < 4.78 is 0. The van der Waals surface area contributed by atoms with Crippen molar-refractivity contribution in [2.45, 2.75) is 13.8 Å². The van der Waals surface area contributed by atoms with Gasteiger partial charge in [-0.1, -0.05) is 6.92 Å². The first-order valence-electron chi connectivity index (χ1n) is 9.16. The molecule has 2 heterocycles. The molecule has 0 radical (unpaired) electrons. The molecule has 1 aliphatic rings. The number of nitrogens with zero attached hydrogens (tertiary/aromatic N) is 3. The average Bonchev–Trinajstić information content (AvgIpc) is 2.69. The van der Waals surface area contributed by atoms with Gasteiger partial charge in [0.25, 0.3) is 5.91 Å². The molecule has 27 heavy (non-hydrogen) atoms. The molecule has 2 aromatic rings. The summed E-state index contributed by atoms with van der Waals surface area (Å²) in [5, 5.41) is 5.56. The smallest absolute Gasteiger partial charge is 0.257 e. The number of pyridine rings is 1. The number of carbonyl (C=O) groups is 2. The minimum Gasteiger partial charge on any atom is -0.368 e. The molecule has 0 aliphatic carbocycles. The highest BCUT2D eigenvalue weighted by atomic mass is 16.2. The Kier molecular flexibility index (Phi) is 6.03. The monoisotopic (exact) mass is 367 g/mol. The third kappa shape index (κ3) is 5.04. The molecule has 0 unspecified atom stereocenters. The maximum absolute atomic E-state index is 12.6. The van der Waals surface area contributed by atoms with Crippen LogP contribution in [0.25, 0.3) is 0 Å². The number of likely N-dealkylation sites (N-methyl/N-ethyl adjacent to an activating group) is 1. The molecule has 2 amide bonds. The number of carbonyl (C=O) groups excluding carboxylic acids is 2. The van der Waals surface area contributed by atoms with Gasteiger partial charge in [-0.05, 0) is 36.9 Å². The summed E-state index contributed by atoms with van der Waals surface area (Å²) in [4.78, 5) is 32.5. The van der Waals surface area contributed by atoms with Crippen molar-refractivity contribution in [3.63, 3.8) is 0 Å². The van der Waals surface area contributed by atoms with Gasteiger partial charge in [-0.3, -0.25) is 14.6 Å². The molecule has 0 atom stereocenters. The molecule has 0 bridgehead atoms. The van der Waals surface area contributed by atoms with E-state index < -0.39 is 0 Å². The summed E-state index contributed by atoms with van der Waals surface area (Å²) in [7, 11) is 0. The van der Waals surface area contributed by atoms with Gasteiger partial charge in [0.15, 0.2) is 0 Å². The SMILES string of the molecule is CCN1CCN(c2cncc(C(=O)Nc3ccc(NC(C)=O)cc3)c2)CC1. The highest BCUT2D eigenvalue weighted by Gasteiger charge is 2.17. The third-order valence-corrected chi connectivity index (χ3v) is 4.63. The maximum atomic E-state index is 12.6. The minimum atomic E-state index is -0.205. The van der Waals surface area contributed by atoms with Crippen LogP contribution in [0.4, 0.5) is 17.1 Å². The van der Waals surface area contributed by atoms with Gasteiger partial charge in [0.2, 0.25) is 5.91 Å². The van der Waals surface area contributed by atoms with E-state index in [1.807, 2.05) is 6.07 Å². The molecule has 7 nitrogen and oxygen atoms in total. The minimum absolute atomic E-state index is 0.130. The van der Waals surface area contributed by atoms with Crippen molar-refractivity contribution in [3.05, 3.63) is 48.3 Å². The van der Waals surface area contributed by atoms with Crippen LogP contribution in [0.1, 0.15) is 24.2 Å². The zero-order valence-corrected chi connectivity index (χ0v) is 15.7. The van der Waals surface area contributed by atoms with Crippen LogP contribution >= 0.6 is 0 Å². The average molecular weight is 367 g/mol. The Balaban J connectivity index is 1.64. The number of nitrogens with one attached hydrogen (secondary N) is 2. The zero-order valence-electron chi connectivity index (χ0n) is 15.7. The molecule has 3 rings (SSSR count). The standard InChI is InChI=1S/C20H25N5O2/c1-3-24-8-10-25(11-9-24)19-12-16(13-21-14-19)20(27)23-18-6-4-17(5-7-18)22-15(2)26/h4-7,12-14H,3,8-11H2,1-2H3,(H,22,26)(H,23,27). The van der Waals surface area contributed by atoms with Crippen molar-refractivity contribution >= 4 is 28.9 Å². The molecule has 1 aliphatic heterocycles. The lowest BCUT2D eigenvalue weighted by Gasteiger charge is -2.35. The Morgan fingerprint density at radius 1 is 1.00 bits per heavy atom. The van der Waals surface area contributed by atoms with Gasteiger partial charge < -0.3 is 20.4 Å². The van der Waals surface area contributed by atoms with Gasteiger partial charge in [-0.15, -0.1) is 0 Å². The first-order valence-corrected chi connectivity index (χ1v) is 9.16. The van der Waals surface area contributed by atoms with Crippen molar-refractivity contribution < 1.29 is 9.59 Å². The van der Waals surface area contributed by atoms with Gasteiger partial charge >= 0.3 is 0 Å². The lowest BCUT2D eigenvalue weighted by molar-refractivity contribution is -0.114. The zero-order chi connectivity index (χ0) is 19.2. The fourth-order valence-corrected chi connectivity index (χ4v) is 3.09. The Hall–Kier alpha value is -2.93. The van der Waals surface area contributed by atoms with Crippen LogP contribution in [-0.2, 0) is 4.79 Å². The molecular weight excluding hydrogens is 342 g/mol. The molecule has 1 aromatic carbocycles. The largest absolute Gasteiger partial charge is 0.368 e. The second-order valence-corrected chi connectivity index (χ2v) is 6.57. The van der Waals surface area contributed by atoms with E-state index >= 15 is 0 Å². The Morgan fingerprint density at radius 3 is 2.22 bits per heavy atom. The molecule has 142 valence electrons. The molecule has 0 saturated carbocycles. The van der Waals surface area contributed by atoms with Crippen LogP contribution in [-0.4, -0.2) is 54.4 Å². The summed E-state index contributed by atoms with van der Waals surface area (Å²) in [6.45, 7) is 8.61. The fourth-order valence-electron chi connectivity index (χ4n) is 3.09. The summed E-state index contributed by atoms with van der Waals surface area (Å²) in [6, 6.07) is 8.89.